The van der Waals surface area contributed by atoms with E-state index in [0.717, 1.165) is 11.1 Å². The fourth-order valence-corrected chi connectivity index (χ4v) is 2.86. The molecule has 1 N–H and O–H groups in total. The molecule has 0 aliphatic carbocycles. The number of ether oxygens (including phenoxy) is 1. The van der Waals surface area contributed by atoms with Crippen LogP contribution in [0.15, 0.2) is 48.5 Å². The van der Waals surface area contributed by atoms with Gasteiger partial charge < -0.3 is 15.0 Å². The summed E-state index contributed by atoms with van der Waals surface area (Å²) in [4.78, 5) is 26.9. The molecule has 2 aromatic carbocycles. The molecule has 0 aliphatic heterocycles. The lowest BCUT2D eigenvalue weighted by molar-refractivity contribution is -0.142. The number of aryl methyl sites for hydroxylation is 1. The third-order valence-corrected chi connectivity index (χ3v) is 4.39. The van der Waals surface area contributed by atoms with Crippen LogP contribution in [-0.2, 0) is 16.1 Å². The molecule has 2 amide bonds. The van der Waals surface area contributed by atoms with Crippen molar-refractivity contribution >= 4 is 11.8 Å². The molecule has 0 saturated heterocycles. The van der Waals surface area contributed by atoms with Crippen LogP contribution in [0.4, 0.5) is 4.39 Å². The predicted molar refractivity (Wildman–Crippen MR) is 106 cm³/mol. The number of likely N-dealkylation sites (N-methyl/N-ethyl adjacent to an activating group) is 1. The van der Waals surface area contributed by atoms with Crippen molar-refractivity contribution in [3.8, 4) is 5.75 Å². The number of nitrogens with zero attached hydrogens (tertiary/aromatic N) is 1. The molecule has 6 heteroatoms. The van der Waals surface area contributed by atoms with Crippen LogP contribution in [0.25, 0.3) is 0 Å². The number of hydrogen-bond donors (Lipinski definition) is 1. The van der Waals surface area contributed by atoms with Crippen molar-refractivity contribution in [2.24, 2.45) is 0 Å². The number of benzene rings is 2. The molecule has 1 atom stereocenters. The van der Waals surface area contributed by atoms with Gasteiger partial charge in [-0.05, 0) is 50.1 Å². The van der Waals surface area contributed by atoms with Crippen molar-refractivity contribution in [3.05, 3.63) is 65.5 Å². The summed E-state index contributed by atoms with van der Waals surface area (Å²) < 4.78 is 18.5. The lowest BCUT2D eigenvalue weighted by Gasteiger charge is -2.30. The van der Waals surface area contributed by atoms with Gasteiger partial charge in [-0.1, -0.05) is 36.8 Å². The molecule has 0 saturated carbocycles. The van der Waals surface area contributed by atoms with Gasteiger partial charge in [-0.2, -0.15) is 0 Å². The maximum Gasteiger partial charge on any atom is 0.261 e. The molecule has 0 spiro atoms. The molecule has 28 heavy (non-hydrogen) atoms. The number of amides is 2. The summed E-state index contributed by atoms with van der Waals surface area (Å²) in [5, 5.41) is 2.79. The van der Waals surface area contributed by atoms with Gasteiger partial charge in [-0.3, -0.25) is 9.59 Å². The zero-order chi connectivity index (χ0) is 20.5. The lowest BCUT2D eigenvalue weighted by atomic mass is 10.1. The molecule has 0 radical (unpaired) electrons. The van der Waals surface area contributed by atoms with Gasteiger partial charge in [0, 0.05) is 13.1 Å². The van der Waals surface area contributed by atoms with Crippen LogP contribution in [-0.4, -0.2) is 35.9 Å². The van der Waals surface area contributed by atoms with Gasteiger partial charge in [0.2, 0.25) is 5.91 Å². The first-order valence-corrected chi connectivity index (χ1v) is 9.45. The van der Waals surface area contributed by atoms with Crippen LogP contribution >= 0.6 is 0 Å². The van der Waals surface area contributed by atoms with Gasteiger partial charge in [-0.25, -0.2) is 4.39 Å². The van der Waals surface area contributed by atoms with Gasteiger partial charge in [0.15, 0.2) is 6.61 Å². The van der Waals surface area contributed by atoms with Crippen LogP contribution in [0.5, 0.6) is 5.75 Å². The van der Waals surface area contributed by atoms with E-state index in [2.05, 4.69) is 5.32 Å². The smallest absolute Gasteiger partial charge is 0.261 e. The zero-order valence-electron chi connectivity index (χ0n) is 16.6. The summed E-state index contributed by atoms with van der Waals surface area (Å²) in [6.45, 7) is 6.28. The van der Waals surface area contributed by atoms with Gasteiger partial charge in [0.1, 0.15) is 17.6 Å². The molecule has 0 aliphatic rings. The molecular weight excluding hydrogens is 359 g/mol. The van der Waals surface area contributed by atoms with E-state index in [1.807, 2.05) is 45.0 Å². The standard InChI is InChI=1S/C22H27FN2O3/c1-4-20(22(27)24-5-2)25(14-17-8-6-16(3)7-9-17)21(26)15-28-19-12-10-18(23)11-13-19/h6-13,20H,4-5,14-15H2,1-3H3,(H,24,27)/t20-/m0/s1. The number of rotatable bonds is 9. The summed E-state index contributed by atoms with van der Waals surface area (Å²) in [5.74, 6) is -0.465. The van der Waals surface area contributed by atoms with E-state index in [4.69, 9.17) is 4.74 Å². The van der Waals surface area contributed by atoms with Crippen molar-refractivity contribution in [1.29, 1.82) is 0 Å². The predicted octanol–water partition coefficient (Wildman–Crippen LogP) is 3.46. The van der Waals surface area contributed by atoms with E-state index >= 15 is 0 Å². The zero-order valence-corrected chi connectivity index (χ0v) is 16.6. The molecular formula is C22H27FN2O3. The van der Waals surface area contributed by atoms with Gasteiger partial charge in [0.05, 0.1) is 0 Å². The van der Waals surface area contributed by atoms with E-state index in [9.17, 15) is 14.0 Å². The van der Waals surface area contributed by atoms with Crippen LogP contribution in [0, 0.1) is 12.7 Å². The molecule has 2 aromatic rings. The molecule has 150 valence electrons. The van der Waals surface area contributed by atoms with E-state index in [-0.39, 0.29) is 24.2 Å². The maximum absolute atomic E-state index is 13.0. The largest absolute Gasteiger partial charge is 0.484 e. The molecule has 0 aromatic heterocycles. The Balaban J connectivity index is 2.16. The number of hydrogen-bond acceptors (Lipinski definition) is 3. The second kappa shape index (κ2) is 10.4. The fourth-order valence-electron chi connectivity index (χ4n) is 2.86. The molecule has 0 unspecified atom stereocenters. The quantitative estimate of drug-likeness (QED) is 0.718. The Morgan fingerprint density at radius 1 is 1.07 bits per heavy atom. The first-order valence-electron chi connectivity index (χ1n) is 9.45. The van der Waals surface area contributed by atoms with Gasteiger partial charge in [-0.15, -0.1) is 0 Å². The highest BCUT2D eigenvalue weighted by atomic mass is 19.1. The van der Waals surface area contributed by atoms with Crippen LogP contribution in [0.3, 0.4) is 0 Å². The van der Waals surface area contributed by atoms with Crippen LogP contribution in [0.1, 0.15) is 31.4 Å². The van der Waals surface area contributed by atoms with Crippen LogP contribution < -0.4 is 10.1 Å². The second-order valence-electron chi connectivity index (χ2n) is 6.57. The Bertz CT molecular complexity index is 775. The number of carbonyl (C=O) groups excluding carboxylic acids is 2. The average Bonchev–Trinajstić information content (AvgIpc) is 2.69. The Morgan fingerprint density at radius 2 is 1.71 bits per heavy atom. The van der Waals surface area contributed by atoms with Gasteiger partial charge >= 0.3 is 0 Å². The minimum Gasteiger partial charge on any atom is -0.484 e. The second-order valence-corrected chi connectivity index (χ2v) is 6.57. The fraction of sp³-hybridized carbons (Fsp3) is 0.364. The summed E-state index contributed by atoms with van der Waals surface area (Å²) in [5.41, 5.74) is 2.06. The summed E-state index contributed by atoms with van der Waals surface area (Å²) >= 11 is 0. The van der Waals surface area contributed by atoms with E-state index in [1.165, 1.54) is 24.3 Å². The van der Waals surface area contributed by atoms with E-state index in [0.29, 0.717) is 25.3 Å². The topological polar surface area (TPSA) is 58.6 Å². The molecule has 2 rings (SSSR count). The van der Waals surface area contributed by atoms with Gasteiger partial charge in [0.25, 0.3) is 5.91 Å². The molecule has 5 nitrogen and oxygen atoms in total. The highest BCUT2D eigenvalue weighted by Gasteiger charge is 2.28. The van der Waals surface area contributed by atoms with Crippen LogP contribution in [0.2, 0.25) is 0 Å². The maximum atomic E-state index is 13.0. The average molecular weight is 386 g/mol. The monoisotopic (exact) mass is 386 g/mol. The highest BCUT2D eigenvalue weighted by molar-refractivity contribution is 5.88. The number of nitrogens with one attached hydrogen (secondary N) is 1. The molecule has 0 bridgehead atoms. The minimum atomic E-state index is -0.592. The lowest BCUT2D eigenvalue weighted by Crippen LogP contribution is -2.50. The molecule has 0 fully saturated rings. The summed E-state index contributed by atoms with van der Waals surface area (Å²) in [7, 11) is 0. The van der Waals surface area contributed by atoms with E-state index in [1.54, 1.807) is 4.90 Å². The first-order chi connectivity index (χ1) is 13.4. The Kier molecular flexibility index (Phi) is 7.99. The molecule has 0 heterocycles. The number of carbonyl (C=O) groups is 2. The Morgan fingerprint density at radius 3 is 2.29 bits per heavy atom. The normalized spacial score (nSPS) is 11.6. The Hall–Kier alpha value is -2.89. The first kappa shape index (κ1) is 21.4. The minimum absolute atomic E-state index is 0.188. The van der Waals surface area contributed by atoms with E-state index < -0.39 is 6.04 Å². The highest BCUT2D eigenvalue weighted by Crippen LogP contribution is 2.15. The number of halogens is 1. The van der Waals surface area contributed by atoms with Crippen molar-refractivity contribution < 1.29 is 18.7 Å². The van der Waals surface area contributed by atoms with Crippen molar-refractivity contribution in [2.45, 2.75) is 39.8 Å². The van der Waals surface area contributed by atoms with Crippen molar-refractivity contribution in [1.82, 2.24) is 10.2 Å². The summed E-state index contributed by atoms with van der Waals surface area (Å²) in [6.07, 6.45) is 0.486. The van der Waals surface area contributed by atoms with Crippen molar-refractivity contribution in [2.75, 3.05) is 13.2 Å². The third kappa shape index (κ3) is 6.08. The summed E-state index contributed by atoms with van der Waals surface area (Å²) in [6, 6.07) is 12.7. The Labute approximate surface area is 165 Å². The third-order valence-electron chi connectivity index (χ3n) is 4.39. The van der Waals surface area contributed by atoms with Crippen molar-refractivity contribution in [3.63, 3.8) is 0 Å². The SMILES string of the molecule is CCNC(=O)[C@H](CC)N(Cc1ccc(C)cc1)C(=O)COc1ccc(F)cc1.